The highest BCUT2D eigenvalue weighted by molar-refractivity contribution is 9.11. The van der Waals surface area contributed by atoms with Crippen molar-refractivity contribution in [2.45, 2.75) is 6.92 Å². The Kier molecular flexibility index (Phi) is 5.67. The monoisotopic (exact) mass is 431 g/mol. The molecule has 0 heterocycles. The molecule has 1 amide bonds. The first-order valence-electron chi connectivity index (χ1n) is 6.09. The number of hydrogen-bond acceptors (Lipinski definition) is 2. The summed E-state index contributed by atoms with van der Waals surface area (Å²) in [6, 6.07) is 10.8. The van der Waals surface area contributed by atoms with Crippen LogP contribution in [0.4, 0.5) is 5.69 Å². The van der Waals surface area contributed by atoms with Crippen LogP contribution in [0.3, 0.4) is 0 Å². The van der Waals surface area contributed by atoms with E-state index in [0.717, 1.165) is 14.5 Å². The number of hydrogen-bond donors (Lipinski definition) is 1. The minimum Gasteiger partial charge on any atom is -0.483 e. The van der Waals surface area contributed by atoms with E-state index >= 15 is 0 Å². The topological polar surface area (TPSA) is 38.3 Å². The van der Waals surface area contributed by atoms with Crippen molar-refractivity contribution in [1.29, 1.82) is 0 Å². The standard InChI is InChI=1S/C15H12Br2ClNO2/c1-9-6-11(18)3-5-14(9)21-8-15(20)19-13-4-2-10(16)7-12(13)17/h2-7H,8H2,1H3,(H,19,20). The smallest absolute Gasteiger partial charge is 0.262 e. The number of benzene rings is 2. The maximum Gasteiger partial charge on any atom is 0.262 e. The third kappa shape index (κ3) is 4.73. The second-order valence-corrected chi connectivity index (χ2v) is 6.58. The van der Waals surface area contributed by atoms with E-state index < -0.39 is 0 Å². The highest BCUT2D eigenvalue weighted by atomic mass is 79.9. The Bertz CT molecular complexity index is 677. The Morgan fingerprint density at radius 2 is 2.00 bits per heavy atom. The van der Waals surface area contributed by atoms with Gasteiger partial charge in [0.05, 0.1) is 5.69 Å². The Morgan fingerprint density at radius 3 is 2.67 bits per heavy atom. The van der Waals surface area contributed by atoms with Gasteiger partial charge in [-0.2, -0.15) is 0 Å². The minimum absolute atomic E-state index is 0.0645. The molecule has 2 aromatic rings. The molecule has 0 fully saturated rings. The van der Waals surface area contributed by atoms with E-state index in [2.05, 4.69) is 37.2 Å². The van der Waals surface area contributed by atoms with Gasteiger partial charge in [0.2, 0.25) is 0 Å². The molecule has 110 valence electrons. The molecule has 6 heteroatoms. The highest BCUT2D eigenvalue weighted by Gasteiger charge is 2.08. The quantitative estimate of drug-likeness (QED) is 0.721. The molecule has 0 atom stereocenters. The molecule has 3 nitrogen and oxygen atoms in total. The predicted octanol–water partition coefficient (Wildman–Crippen LogP) is 5.19. The molecule has 0 aliphatic rings. The van der Waals surface area contributed by atoms with Crippen LogP contribution in [0.15, 0.2) is 45.3 Å². The summed E-state index contributed by atoms with van der Waals surface area (Å²) in [6.45, 7) is 1.81. The zero-order valence-electron chi connectivity index (χ0n) is 11.1. The van der Waals surface area contributed by atoms with Gasteiger partial charge in [0.1, 0.15) is 5.75 Å². The van der Waals surface area contributed by atoms with Crippen LogP contribution in [0.5, 0.6) is 5.75 Å². The number of ether oxygens (including phenoxy) is 1. The lowest BCUT2D eigenvalue weighted by atomic mass is 10.2. The Morgan fingerprint density at radius 1 is 1.24 bits per heavy atom. The molecule has 0 aliphatic heterocycles. The van der Waals surface area contributed by atoms with Crippen molar-refractivity contribution in [3.05, 3.63) is 55.9 Å². The largest absolute Gasteiger partial charge is 0.483 e. The summed E-state index contributed by atoms with van der Waals surface area (Å²) in [6.07, 6.45) is 0. The van der Waals surface area contributed by atoms with Crippen molar-refractivity contribution < 1.29 is 9.53 Å². The van der Waals surface area contributed by atoms with Crippen molar-refractivity contribution in [2.24, 2.45) is 0 Å². The van der Waals surface area contributed by atoms with Crippen LogP contribution in [-0.4, -0.2) is 12.5 Å². The first-order chi connectivity index (χ1) is 9.95. The van der Waals surface area contributed by atoms with Crippen molar-refractivity contribution in [1.82, 2.24) is 0 Å². The zero-order chi connectivity index (χ0) is 15.4. The van der Waals surface area contributed by atoms with Crippen LogP contribution in [0.1, 0.15) is 5.56 Å². The van der Waals surface area contributed by atoms with Gasteiger partial charge in [-0.25, -0.2) is 0 Å². The maximum atomic E-state index is 11.9. The molecular formula is C15H12Br2ClNO2. The second-order valence-electron chi connectivity index (χ2n) is 4.37. The fourth-order valence-corrected chi connectivity index (χ4v) is 3.07. The van der Waals surface area contributed by atoms with Crippen LogP contribution in [0.2, 0.25) is 5.02 Å². The number of anilines is 1. The van der Waals surface area contributed by atoms with E-state index in [1.807, 2.05) is 19.1 Å². The van der Waals surface area contributed by atoms with E-state index in [1.54, 1.807) is 24.3 Å². The first-order valence-corrected chi connectivity index (χ1v) is 8.06. The SMILES string of the molecule is Cc1cc(Cl)ccc1OCC(=O)Nc1ccc(Br)cc1Br. The van der Waals surface area contributed by atoms with Gasteiger partial charge < -0.3 is 10.1 Å². The summed E-state index contributed by atoms with van der Waals surface area (Å²) >= 11 is 12.6. The molecule has 2 rings (SSSR count). The molecule has 0 saturated carbocycles. The number of aryl methyl sites for hydroxylation is 1. The second kappa shape index (κ2) is 7.29. The number of halogens is 3. The minimum atomic E-state index is -0.229. The number of amides is 1. The molecule has 0 unspecified atom stereocenters. The van der Waals surface area contributed by atoms with Gasteiger partial charge in [0, 0.05) is 14.0 Å². The van der Waals surface area contributed by atoms with Crippen LogP contribution in [0.25, 0.3) is 0 Å². The molecular weight excluding hydrogens is 421 g/mol. The Balaban J connectivity index is 1.96. The lowest BCUT2D eigenvalue weighted by Crippen LogP contribution is -2.20. The molecule has 0 radical (unpaired) electrons. The average Bonchev–Trinajstić information content (AvgIpc) is 2.41. The summed E-state index contributed by atoms with van der Waals surface area (Å²) in [7, 11) is 0. The Labute approximate surface area is 144 Å². The summed E-state index contributed by atoms with van der Waals surface area (Å²) < 4.78 is 7.22. The van der Waals surface area contributed by atoms with Gasteiger partial charge in [0.25, 0.3) is 5.91 Å². The summed E-state index contributed by atoms with van der Waals surface area (Å²) in [5, 5.41) is 3.42. The number of rotatable bonds is 4. The first kappa shape index (κ1) is 16.3. The molecule has 0 spiro atoms. The normalized spacial score (nSPS) is 10.3. The van der Waals surface area contributed by atoms with Crippen LogP contribution in [-0.2, 0) is 4.79 Å². The molecule has 21 heavy (non-hydrogen) atoms. The van der Waals surface area contributed by atoms with E-state index in [9.17, 15) is 4.79 Å². The highest BCUT2D eigenvalue weighted by Crippen LogP contribution is 2.26. The number of carbonyl (C=O) groups excluding carboxylic acids is 1. The zero-order valence-corrected chi connectivity index (χ0v) is 15.0. The molecule has 0 aliphatic carbocycles. The maximum absolute atomic E-state index is 11.9. The third-order valence-electron chi connectivity index (χ3n) is 2.70. The lowest BCUT2D eigenvalue weighted by Gasteiger charge is -2.11. The molecule has 2 aromatic carbocycles. The molecule has 0 saturated heterocycles. The van der Waals surface area contributed by atoms with Gasteiger partial charge in [-0.15, -0.1) is 0 Å². The van der Waals surface area contributed by atoms with Gasteiger partial charge in [-0.3, -0.25) is 4.79 Å². The fourth-order valence-electron chi connectivity index (χ4n) is 1.70. The molecule has 0 bridgehead atoms. The fraction of sp³-hybridized carbons (Fsp3) is 0.133. The summed E-state index contributed by atoms with van der Waals surface area (Å²) in [4.78, 5) is 11.9. The van der Waals surface area contributed by atoms with Crippen LogP contribution in [0, 0.1) is 6.92 Å². The van der Waals surface area contributed by atoms with Crippen LogP contribution < -0.4 is 10.1 Å². The molecule has 1 N–H and O–H groups in total. The number of nitrogens with one attached hydrogen (secondary N) is 1. The Hall–Kier alpha value is -1.04. The summed E-state index contributed by atoms with van der Waals surface area (Å²) in [5.74, 6) is 0.414. The van der Waals surface area contributed by atoms with E-state index in [0.29, 0.717) is 16.5 Å². The van der Waals surface area contributed by atoms with E-state index in [4.69, 9.17) is 16.3 Å². The molecule has 0 aromatic heterocycles. The van der Waals surface area contributed by atoms with E-state index in [-0.39, 0.29) is 12.5 Å². The van der Waals surface area contributed by atoms with Gasteiger partial charge in [-0.1, -0.05) is 27.5 Å². The lowest BCUT2D eigenvalue weighted by molar-refractivity contribution is -0.118. The van der Waals surface area contributed by atoms with Crippen molar-refractivity contribution in [2.75, 3.05) is 11.9 Å². The van der Waals surface area contributed by atoms with E-state index in [1.165, 1.54) is 0 Å². The van der Waals surface area contributed by atoms with Crippen molar-refractivity contribution in [3.8, 4) is 5.75 Å². The van der Waals surface area contributed by atoms with Crippen LogP contribution >= 0.6 is 43.5 Å². The van der Waals surface area contributed by atoms with Crippen molar-refractivity contribution in [3.63, 3.8) is 0 Å². The van der Waals surface area contributed by atoms with Gasteiger partial charge in [-0.05, 0) is 64.8 Å². The van der Waals surface area contributed by atoms with Gasteiger partial charge >= 0.3 is 0 Å². The number of carbonyl (C=O) groups is 1. The third-order valence-corrected chi connectivity index (χ3v) is 4.09. The van der Waals surface area contributed by atoms with Gasteiger partial charge in [0.15, 0.2) is 6.61 Å². The average molecular weight is 434 g/mol. The summed E-state index contributed by atoms with van der Waals surface area (Å²) in [5.41, 5.74) is 1.58. The van der Waals surface area contributed by atoms with Crippen molar-refractivity contribution >= 4 is 55.1 Å². The predicted molar refractivity (Wildman–Crippen MR) is 92.2 cm³/mol.